The van der Waals surface area contributed by atoms with Gasteiger partial charge in [0.05, 0.1) is 23.1 Å². The fraction of sp³-hybridized carbons (Fsp3) is 0.476. The van der Waals surface area contributed by atoms with E-state index in [0.717, 1.165) is 30.0 Å². The zero-order valence-corrected chi connectivity index (χ0v) is 18.2. The Balaban J connectivity index is 1.62. The standard InChI is InChI=1S/C21H28ClN5O2/c1-14-19(15(2)25(4)24-14)23-20(28)16(3)26-9-6-10-27(12-11-26)21(29)17-7-5-8-18(22)13-17/h5,7-8,13,16H,6,9-12H2,1-4H3,(H,23,28). The predicted octanol–water partition coefficient (Wildman–Crippen LogP) is 2.87. The zero-order valence-electron chi connectivity index (χ0n) is 17.4. The van der Waals surface area contributed by atoms with Crippen LogP contribution in [0.1, 0.15) is 35.1 Å². The Kier molecular flexibility index (Phi) is 6.59. The van der Waals surface area contributed by atoms with Gasteiger partial charge in [0.15, 0.2) is 0 Å². The van der Waals surface area contributed by atoms with E-state index < -0.39 is 0 Å². The fourth-order valence-corrected chi connectivity index (χ4v) is 3.87. The molecular formula is C21H28ClN5O2. The molecule has 1 unspecified atom stereocenters. The van der Waals surface area contributed by atoms with Gasteiger partial charge in [0.25, 0.3) is 5.91 Å². The molecule has 29 heavy (non-hydrogen) atoms. The van der Waals surface area contributed by atoms with Crippen molar-refractivity contribution >= 4 is 29.1 Å². The molecule has 2 heterocycles. The van der Waals surface area contributed by atoms with E-state index >= 15 is 0 Å². The number of nitrogens with zero attached hydrogens (tertiary/aromatic N) is 4. The molecule has 1 N–H and O–H groups in total. The third-order valence-electron chi connectivity index (χ3n) is 5.57. The Morgan fingerprint density at radius 2 is 1.93 bits per heavy atom. The molecule has 0 aliphatic carbocycles. The van der Waals surface area contributed by atoms with Crippen molar-refractivity contribution in [1.29, 1.82) is 0 Å². The highest BCUT2D eigenvalue weighted by Gasteiger charge is 2.27. The minimum absolute atomic E-state index is 0.0203. The van der Waals surface area contributed by atoms with Crippen molar-refractivity contribution in [3.63, 3.8) is 0 Å². The lowest BCUT2D eigenvalue weighted by Gasteiger charge is -2.27. The van der Waals surface area contributed by atoms with Gasteiger partial charge in [-0.1, -0.05) is 17.7 Å². The maximum Gasteiger partial charge on any atom is 0.253 e. The maximum atomic E-state index is 12.8. The number of amides is 2. The van der Waals surface area contributed by atoms with Crippen LogP contribution in [0.3, 0.4) is 0 Å². The molecule has 1 aliphatic heterocycles. The summed E-state index contributed by atoms with van der Waals surface area (Å²) >= 11 is 6.02. The second-order valence-electron chi connectivity index (χ2n) is 7.53. The Labute approximate surface area is 176 Å². The molecule has 0 bridgehead atoms. The fourth-order valence-electron chi connectivity index (χ4n) is 3.68. The summed E-state index contributed by atoms with van der Waals surface area (Å²) in [5, 5.41) is 7.93. The van der Waals surface area contributed by atoms with Gasteiger partial charge in [0.1, 0.15) is 0 Å². The molecule has 1 fully saturated rings. The summed E-state index contributed by atoms with van der Waals surface area (Å²) in [5.41, 5.74) is 3.10. The van der Waals surface area contributed by atoms with Crippen molar-refractivity contribution in [1.82, 2.24) is 19.6 Å². The van der Waals surface area contributed by atoms with Gasteiger partial charge in [-0.05, 0) is 45.4 Å². The number of hydrogen-bond donors (Lipinski definition) is 1. The number of anilines is 1. The second-order valence-corrected chi connectivity index (χ2v) is 7.96. The van der Waals surface area contributed by atoms with Crippen LogP contribution in [0.15, 0.2) is 24.3 Å². The predicted molar refractivity (Wildman–Crippen MR) is 114 cm³/mol. The van der Waals surface area contributed by atoms with Crippen LogP contribution >= 0.6 is 11.6 Å². The molecule has 0 radical (unpaired) electrons. The van der Waals surface area contributed by atoms with E-state index in [9.17, 15) is 9.59 Å². The number of rotatable bonds is 4. The lowest BCUT2D eigenvalue weighted by Crippen LogP contribution is -2.44. The van der Waals surface area contributed by atoms with Crippen LogP contribution in [0.25, 0.3) is 0 Å². The number of benzene rings is 1. The third-order valence-corrected chi connectivity index (χ3v) is 5.81. The highest BCUT2D eigenvalue weighted by Crippen LogP contribution is 2.20. The Bertz CT molecular complexity index is 910. The number of aromatic nitrogens is 2. The van der Waals surface area contributed by atoms with Crippen LogP contribution in [0.5, 0.6) is 0 Å². The van der Waals surface area contributed by atoms with Crippen molar-refractivity contribution in [3.05, 3.63) is 46.2 Å². The molecule has 0 spiro atoms. The largest absolute Gasteiger partial charge is 0.337 e. The van der Waals surface area contributed by atoms with E-state index in [1.54, 1.807) is 28.9 Å². The molecule has 8 heteroatoms. The normalized spacial score (nSPS) is 16.4. The third kappa shape index (κ3) is 4.79. The average molecular weight is 418 g/mol. The first-order valence-corrected chi connectivity index (χ1v) is 10.3. The molecule has 1 aromatic heterocycles. The number of aryl methyl sites for hydroxylation is 2. The van der Waals surface area contributed by atoms with Gasteiger partial charge in [0.2, 0.25) is 5.91 Å². The van der Waals surface area contributed by atoms with Crippen molar-refractivity contribution in [2.45, 2.75) is 33.2 Å². The van der Waals surface area contributed by atoms with Crippen LogP contribution in [-0.2, 0) is 11.8 Å². The van der Waals surface area contributed by atoms with Gasteiger partial charge in [-0.25, -0.2) is 0 Å². The van der Waals surface area contributed by atoms with Gasteiger partial charge in [0, 0.05) is 43.8 Å². The minimum atomic E-state index is -0.296. The van der Waals surface area contributed by atoms with Gasteiger partial charge < -0.3 is 10.2 Å². The molecule has 3 rings (SSSR count). The number of nitrogens with one attached hydrogen (secondary N) is 1. The topological polar surface area (TPSA) is 70.5 Å². The molecular weight excluding hydrogens is 390 g/mol. The Morgan fingerprint density at radius 1 is 1.17 bits per heavy atom. The van der Waals surface area contributed by atoms with Gasteiger partial charge >= 0.3 is 0 Å². The molecule has 1 atom stereocenters. The summed E-state index contributed by atoms with van der Waals surface area (Å²) in [6, 6.07) is 6.73. The van der Waals surface area contributed by atoms with E-state index in [1.807, 2.05) is 32.7 Å². The van der Waals surface area contributed by atoms with Crippen LogP contribution in [0.2, 0.25) is 5.02 Å². The van der Waals surface area contributed by atoms with Gasteiger partial charge in [-0.15, -0.1) is 0 Å². The van der Waals surface area contributed by atoms with Gasteiger partial charge in [-0.2, -0.15) is 5.10 Å². The summed E-state index contributed by atoms with van der Waals surface area (Å²) in [6.07, 6.45) is 0.814. The summed E-state index contributed by atoms with van der Waals surface area (Å²) in [5.74, 6) is -0.0770. The quantitative estimate of drug-likeness (QED) is 0.830. The van der Waals surface area contributed by atoms with E-state index in [0.29, 0.717) is 30.2 Å². The first-order chi connectivity index (χ1) is 13.8. The molecule has 1 aliphatic rings. The van der Waals surface area contributed by atoms with E-state index in [-0.39, 0.29) is 17.9 Å². The second kappa shape index (κ2) is 8.97. The number of hydrogen-bond acceptors (Lipinski definition) is 4. The highest BCUT2D eigenvalue weighted by molar-refractivity contribution is 6.30. The van der Waals surface area contributed by atoms with Crippen LogP contribution in [-0.4, -0.2) is 63.6 Å². The van der Waals surface area contributed by atoms with Crippen LogP contribution < -0.4 is 5.32 Å². The summed E-state index contributed by atoms with van der Waals surface area (Å²) in [4.78, 5) is 29.6. The molecule has 156 valence electrons. The zero-order chi connectivity index (χ0) is 21.1. The highest BCUT2D eigenvalue weighted by atomic mass is 35.5. The number of carbonyl (C=O) groups is 2. The lowest BCUT2D eigenvalue weighted by atomic mass is 10.2. The summed E-state index contributed by atoms with van der Waals surface area (Å²) in [7, 11) is 1.86. The van der Waals surface area contributed by atoms with Crippen LogP contribution in [0.4, 0.5) is 5.69 Å². The summed E-state index contributed by atoms with van der Waals surface area (Å²) < 4.78 is 1.76. The first kappa shape index (κ1) is 21.3. The summed E-state index contributed by atoms with van der Waals surface area (Å²) in [6.45, 7) is 8.38. The van der Waals surface area contributed by atoms with E-state index in [4.69, 9.17) is 11.6 Å². The Hall–Kier alpha value is -2.38. The molecule has 7 nitrogen and oxygen atoms in total. The molecule has 2 amide bonds. The average Bonchev–Trinajstić information content (AvgIpc) is 2.87. The lowest BCUT2D eigenvalue weighted by molar-refractivity contribution is -0.120. The number of halogens is 1. The molecule has 1 aromatic carbocycles. The maximum absolute atomic E-state index is 12.8. The van der Waals surface area contributed by atoms with Crippen molar-refractivity contribution in [3.8, 4) is 0 Å². The molecule has 0 saturated carbocycles. The number of carbonyl (C=O) groups excluding carboxylic acids is 2. The molecule has 1 saturated heterocycles. The van der Waals surface area contributed by atoms with Crippen molar-refractivity contribution in [2.24, 2.45) is 7.05 Å². The first-order valence-electron chi connectivity index (χ1n) is 9.88. The smallest absolute Gasteiger partial charge is 0.253 e. The minimum Gasteiger partial charge on any atom is -0.337 e. The van der Waals surface area contributed by atoms with E-state index in [1.165, 1.54) is 0 Å². The van der Waals surface area contributed by atoms with Crippen molar-refractivity contribution in [2.75, 3.05) is 31.5 Å². The SMILES string of the molecule is Cc1nn(C)c(C)c1NC(=O)C(C)N1CCCN(C(=O)c2cccc(Cl)c2)CC1. The molecule has 2 aromatic rings. The monoisotopic (exact) mass is 417 g/mol. The van der Waals surface area contributed by atoms with Crippen LogP contribution in [0, 0.1) is 13.8 Å². The van der Waals surface area contributed by atoms with Gasteiger partial charge in [-0.3, -0.25) is 19.2 Å². The Morgan fingerprint density at radius 3 is 2.59 bits per heavy atom. The van der Waals surface area contributed by atoms with Crippen molar-refractivity contribution < 1.29 is 9.59 Å². The van der Waals surface area contributed by atoms with E-state index in [2.05, 4.69) is 15.3 Å².